The van der Waals surface area contributed by atoms with Crippen molar-refractivity contribution in [1.29, 1.82) is 0 Å². The fourth-order valence-corrected chi connectivity index (χ4v) is 2.89. The van der Waals surface area contributed by atoms with Gasteiger partial charge in [0.1, 0.15) is 23.8 Å². The predicted molar refractivity (Wildman–Crippen MR) is 80.6 cm³/mol. The van der Waals surface area contributed by atoms with E-state index in [1.165, 1.54) is 13.8 Å². The van der Waals surface area contributed by atoms with E-state index in [-0.39, 0.29) is 0 Å². The molecule has 0 saturated carbocycles. The van der Waals surface area contributed by atoms with Crippen molar-refractivity contribution in [1.82, 2.24) is 10.2 Å². The highest BCUT2D eigenvalue weighted by atomic mass is 35.6. The van der Waals surface area contributed by atoms with Crippen molar-refractivity contribution in [2.24, 2.45) is 0 Å². The monoisotopic (exact) mass is 408 g/mol. The number of nitrogens with one attached hydrogen (secondary N) is 1. The molecule has 0 bridgehead atoms. The molecule has 0 aliphatic carbocycles. The van der Waals surface area contributed by atoms with E-state index in [1.54, 1.807) is 0 Å². The van der Waals surface area contributed by atoms with Crippen molar-refractivity contribution in [2.75, 3.05) is 6.61 Å². The number of ether oxygens (including phenoxy) is 2. The lowest BCUT2D eigenvalue weighted by Crippen LogP contribution is -2.74. The molecule has 0 aromatic carbocycles. The number of rotatable bonds is 4. The Balaban J connectivity index is 1.98. The first-order chi connectivity index (χ1) is 10.3. The number of hydrogen-bond acceptors (Lipinski definition) is 5. The van der Waals surface area contributed by atoms with Crippen LogP contribution in [0.2, 0.25) is 0 Å². The summed E-state index contributed by atoms with van der Waals surface area (Å²) in [6, 6.07) is -1.17. The minimum absolute atomic E-state index is 0.531. The van der Waals surface area contributed by atoms with Crippen LogP contribution in [-0.2, 0) is 19.1 Å². The maximum absolute atomic E-state index is 12.1. The van der Waals surface area contributed by atoms with Crippen LogP contribution in [0.15, 0.2) is 0 Å². The van der Waals surface area contributed by atoms with E-state index in [2.05, 4.69) is 10.1 Å². The van der Waals surface area contributed by atoms with Gasteiger partial charge < -0.3 is 19.9 Å². The summed E-state index contributed by atoms with van der Waals surface area (Å²) in [6.45, 7) is 2.48. The summed E-state index contributed by atoms with van der Waals surface area (Å²) in [4.78, 5) is 36.0. The van der Waals surface area contributed by atoms with Gasteiger partial charge in [-0.1, -0.05) is 46.4 Å². The van der Waals surface area contributed by atoms with E-state index in [1.807, 2.05) is 0 Å². The number of aliphatic carboxylic acids is 1. The van der Waals surface area contributed by atoms with Crippen LogP contribution in [0, 0.1) is 0 Å². The van der Waals surface area contributed by atoms with Crippen molar-refractivity contribution in [2.45, 2.75) is 40.5 Å². The highest BCUT2D eigenvalue weighted by Crippen LogP contribution is 2.54. The number of carboxylic acids is 1. The molecule has 23 heavy (non-hydrogen) atoms. The highest BCUT2D eigenvalue weighted by molar-refractivity contribution is 6.67. The van der Waals surface area contributed by atoms with Gasteiger partial charge in [-0.25, -0.2) is 9.59 Å². The van der Waals surface area contributed by atoms with Crippen molar-refractivity contribution in [3.8, 4) is 0 Å². The molecular weight excluding hydrogens is 398 g/mol. The number of β-lactam (4-membered cyclic amide) rings is 1. The smallest absolute Gasteiger partial charge is 0.408 e. The van der Waals surface area contributed by atoms with Gasteiger partial charge in [0.25, 0.3) is 11.6 Å². The van der Waals surface area contributed by atoms with Gasteiger partial charge in [-0.2, -0.15) is 0 Å². The lowest BCUT2D eigenvalue weighted by atomic mass is 9.96. The molecule has 2 heterocycles. The Morgan fingerprint density at radius 1 is 1.43 bits per heavy atom. The number of hydrogen-bond donors (Lipinski definition) is 2. The molecule has 3 atom stereocenters. The molecule has 2 saturated heterocycles. The van der Waals surface area contributed by atoms with Gasteiger partial charge in [-0.3, -0.25) is 9.69 Å². The van der Waals surface area contributed by atoms with Crippen LogP contribution >= 0.6 is 46.4 Å². The van der Waals surface area contributed by atoms with E-state index in [9.17, 15) is 19.5 Å². The van der Waals surface area contributed by atoms with E-state index in [0.29, 0.717) is 0 Å². The minimum atomic E-state index is -1.85. The minimum Gasteiger partial charge on any atom is -0.478 e. The van der Waals surface area contributed by atoms with Crippen molar-refractivity contribution in [3.63, 3.8) is 0 Å². The number of carbonyl (C=O) groups is 3. The second-order valence-corrected chi connectivity index (χ2v) is 8.42. The molecule has 2 rings (SSSR count). The summed E-state index contributed by atoms with van der Waals surface area (Å²) < 4.78 is 7.98. The van der Waals surface area contributed by atoms with E-state index < -0.39 is 51.2 Å². The fraction of sp³-hybridized carbons (Fsp3) is 0.727. The highest BCUT2D eigenvalue weighted by Gasteiger charge is 2.79. The molecule has 0 radical (unpaired) electrons. The molecule has 0 spiro atoms. The number of epoxide rings is 1. The number of likely N-dealkylation sites (tertiary alicyclic amines) is 1. The first-order valence-corrected chi connectivity index (χ1v) is 7.81. The third-order valence-electron chi connectivity index (χ3n) is 3.47. The first kappa shape index (κ1) is 18.7. The van der Waals surface area contributed by atoms with Crippen LogP contribution in [0.25, 0.3) is 0 Å². The summed E-state index contributed by atoms with van der Waals surface area (Å²) in [6.07, 6.45) is -1.03. The topological polar surface area (TPSA) is 108 Å². The molecular formula is C11H12Cl4N2O6. The van der Waals surface area contributed by atoms with Crippen molar-refractivity contribution < 1.29 is 29.0 Å². The number of alkyl halides is 4. The van der Waals surface area contributed by atoms with Crippen molar-refractivity contribution >= 4 is 64.4 Å². The lowest BCUT2D eigenvalue weighted by Gasteiger charge is -2.45. The largest absolute Gasteiger partial charge is 0.478 e. The summed E-state index contributed by atoms with van der Waals surface area (Å²) >= 11 is 22.3. The zero-order valence-electron chi connectivity index (χ0n) is 11.8. The second kappa shape index (κ2) is 5.70. The quantitative estimate of drug-likeness (QED) is 0.315. The molecule has 2 aliphatic rings. The van der Waals surface area contributed by atoms with E-state index >= 15 is 0 Å². The Morgan fingerprint density at radius 2 is 1.96 bits per heavy atom. The number of nitrogens with zero attached hydrogens (tertiary/aromatic N) is 1. The standard InChI is InChI=1S/C11H12Cl4N2O6/c1-9(2)11(23-9,7(19)20)17-5(12)4(6(17)18)16-8(21)22-3-10(13,14)15/h4-5H,3H2,1-2H3,(H,16,21)(H,19,20). The van der Waals surface area contributed by atoms with Crippen LogP contribution in [0.3, 0.4) is 0 Å². The average molecular weight is 410 g/mol. The van der Waals surface area contributed by atoms with Gasteiger partial charge >= 0.3 is 12.1 Å². The maximum atomic E-state index is 12.1. The molecule has 2 fully saturated rings. The van der Waals surface area contributed by atoms with Crippen LogP contribution in [0.1, 0.15) is 13.8 Å². The molecule has 130 valence electrons. The molecule has 12 heteroatoms. The molecule has 2 aliphatic heterocycles. The lowest BCUT2D eigenvalue weighted by molar-refractivity contribution is -0.171. The molecule has 0 aromatic rings. The van der Waals surface area contributed by atoms with Crippen LogP contribution in [0.5, 0.6) is 0 Å². The fourth-order valence-electron chi connectivity index (χ4n) is 2.32. The van der Waals surface area contributed by atoms with E-state index in [0.717, 1.165) is 4.90 Å². The third kappa shape index (κ3) is 3.15. The number of amides is 2. The molecule has 0 aromatic heterocycles. The third-order valence-corrected chi connectivity index (χ3v) is 4.25. The first-order valence-electron chi connectivity index (χ1n) is 6.24. The Kier molecular flexibility index (Phi) is 4.63. The molecule has 8 nitrogen and oxygen atoms in total. The zero-order chi connectivity index (χ0) is 17.8. The van der Waals surface area contributed by atoms with Gasteiger partial charge in [-0.05, 0) is 13.8 Å². The molecule has 2 N–H and O–H groups in total. The van der Waals surface area contributed by atoms with Gasteiger partial charge in [0.15, 0.2) is 0 Å². The maximum Gasteiger partial charge on any atom is 0.408 e. The summed E-state index contributed by atoms with van der Waals surface area (Å²) in [7, 11) is 0. The van der Waals surface area contributed by atoms with Crippen LogP contribution < -0.4 is 5.32 Å². The summed E-state index contributed by atoms with van der Waals surface area (Å²) in [5.74, 6) is -2.07. The summed E-state index contributed by atoms with van der Waals surface area (Å²) in [5.41, 5.74) is -4.07. The van der Waals surface area contributed by atoms with E-state index in [4.69, 9.17) is 51.1 Å². The molecule has 3 unspecified atom stereocenters. The SMILES string of the molecule is CC1(C)OC1(C(=O)O)N1C(=O)C(NC(=O)OCC(Cl)(Cl)Cl)C1Cl. The Labute approximate surface area is 150 Å². The number of carboxylic acid groups (broad SMARTS) is 1. The number of halogens is 4. The summed E-state index contributed by atoms with van der Waals surface area (Å²) in [5, 5.41) is 11.5. The second-order valence-electron chi connectivity index (χ2n) is 5.46. The predicted octanol–water partition coefficient (Wildman–Crippen LogP) is 1.45. The number of alkyl carbamates (subject to hydrolysis) is 1. The molecule has 2 amide bonds. The normalized spacial score (nSPS) is 32.1. The average Bonchev–Trinajstić information content (AvgIpc) is 2.97. The Hall–Kier alpha value is -0.670. The van der Waals surface area contributed by atoms with Crippen LogP contribution in [-0.4, -0.2) is 61.2 Å². The van der Waals surface area contributed by atoms with Crippen LogP contribution in [0.4, 0.5) is 4.79 Å². The zero-order valence-corrected chi connectivity index (χ0v) is 14.8. The number of carbonyl (C=O) groups excluding carboxylic acids is 2. The van der Waals surface area contributed by atoms with Gasteiger partial charge in [0.05, 0.1) is 0 Å². The Morgan fingerprint density at radius 3 is 2.30 bits per heavy atom. The van der Waals surface area contributed by atoms with Crippen molar-refractivity contribution in [3.05, 3.63) is 0 Å². The Bertz CT molecular complexity index is 565. The van der Waals surface area contributed by atoms with Gasteiger partial charge in [0.2, 0.25) is 3.79 Å². The van der Waals surface area contributed by atoms with Gasteiger partial charge in [0, 0.05) is 0 Å². The van der Waals surface area contributed by atoms with Gasteiger partial charge in [-0.15, -0.1) is 0 Å².